The van der Waals surface area contributed by atoms with Crippen molar-refractivity contribution < 1.29 is 0 Å². The lowest BCUT2D eigenvalue weighted by molar-refractivity contribution is 0.333. The molecule has 3 nitrogen and oxygen atoms in total. The van der Waals surface area contributed by atoms with Gasteiger partial charge in [0.1, 0.15) is 0 Å². The maximum absolute atomic E-state index is 2.84. The summed E-state index contributed by atoms with van der Waals surface area (Å²) >= 11 is 2.13. The van der Waals surface area contributed by atoms with E-state index in [1.54, 1.807) is 4.88 Å². The van der Waals surface area contributed by atoms with Crippen molar-refractivity contribution in [1.82, 2.24) is 0 Å². The van der Waals surface area contributed by atoms with Gasteiger partial charge in [-0.05, 0) is 180 Å². The summed E-state index contributed by atoms with van der Waals surface area (Å²) in [5.74, 6) is 0. The molecule has 0 atom stereocenters. The van der Waals surface area contributed by atoms with Gasteiger partial charge in [0.25, 0.3) is 6.71 Å². The fourth-order valence-corrected chi connectivity index (χ4v) is 15.7. The van der Waals surface area contributed by atoms with Crippen LogP contribution in [0.2, 0.25) is 0 Å². The summed E-state index contributed by atoms with van der Waals surface area (Å²) < 4.78 is 1.47. The lowest BCUT2D eigenvalue weighted by atomic mass is 9.35. The SMILES string of the molecule is CC(C)(C)c1ccc(N2c3ccc(C(C)(C)C)cc3B3c4sc5c(c4N(c4ccc(C(C)(C)C)cc4-c4cccc6c4C(C)(C)CCC6(C)C)c4cc(N(c6ccccc6)c6ccccc6)cc2c43)C(C)(C)CCC5(C)C)cc1. The largest absolute Gasteiger partial charge is 0.311 e. The summed E-state index contributed by atoms with van der Waals surface area (Å²) in [4.78, 5) is 9.51. The molecule has 5 heteroatoms. The first-order chi connectivity index (χ1) is 37.1. The Hall–Kier alpha value is -6.30. The number of para-hydroxylation sites is 2. The van der Waals surface area contributed by atoms with Crippen molar-refractivity contribution in [2.24, 2.45) is 0 Å². The second-order valence-electron chi connectivity index (χ2n) is 29.6. The Kier molecular flexibility index (Phi) is 12.2. The van der Waals surface area contributed by atoms with E-state index in [0.717, 1.165) is 36.3 Å². The molecule has 79 heavy (non-hydrogen) atoms. The predicted molar refractivity (Wildman–Crippen MR) is 345 cm³/mol. The van der Waals surface area contributed by atoms with Crippen molar-refractivity contribution in [3.8, 4) is 11.1 Å². The highest BCUT2D eigenvalue weighted by molar-refractivity contribution is 7.29. The summed E-state index contributed by atoms with van der Waals surface area (Å²) in [6.07, 6.45) is 4.58. The molecule has 2 aliphatic heterocycles. The van der Waals surface area contributed by atoms with E-state index >= 15 is 0 Å². The molecule has 0 amide bonds. The predicted octanol–water partition coefficient (Wildman–Crippen LogP) is 19.6. The van der Waals surface area contributed by atoms with E-state index in [4.69, 9.17) is 0 Å². The molecular weight excluding hydrogens is 974 g/mol. The van der Waals surface area contributed by atoms with Gasteiger partial charge in [-0.2, -0.15) is 11.3 Å². The monoisotopic (exact) mass is 1060 g/mol. The van der Waals surface area contributed by atoms with Crippen LogP contribution in [0.15, 0.2) is 152 Å². The van der Waals surface area contributed by atoms with E-state index < -0.39 is 0 Å². The lowest BCUT2D eigenvalue weighted by Gasteiger charge is -2.47. The van der Waals surface area contributed by atoms with Gasteiger partial charge in [0.2, 0.25) is 0 Å². The van der Waals surface area contributed by atoms with Crippen LogP contribution in [0, 0.1) is 0 Å². The molecule has 12 rings (SSSR count). The zero-order valence-corrected chi connectivity index (χ0v) is 51.4. The van der Waals surface area contributed by atoms with Crippen molar-refractivity contribution in [3.05, 3.63) is 190 Å². The van der Waals surface area contributed by atoms with Gasteiger partial charge in [0.15, 0.2) is 0 Å². The molecule has 4 aliphatic rings. The molecule has 0 spiro atoms. The molecule has 0 radical (unpaired) electrons. The van der Waals surface area contributed by atoms with Crippen LogP contribution in [0.1, 0.15) is 182 Å². The van der Waals surface area contributed by atoms with Gasteiger partial charge in [-0.3, -0.25) is 0 Å². The van der Waals surface area contributed by atoms with Crippen molar-refractivity contribution >= 4 is 84.9 Å². The lowest BCUT2D eigenvalue weighted by Crippen LogP contribution is -2.61. The maximum atomic E-state index is 2.84. The van der Waals surface area contributed by atoms with Gasteiger partial charge in [0, 0.05) is 49.3 Å². The summed E-state index contributed by atoms with van der Waals surface area (Å²) in [7, 11) is 0. The number of hydrogen-bond acceptors (Lipinski definition) is 4. The van der Waals surface area contributed by atoms with Crippen LogP contribution in [0.3, 0.4) is 0 Å². The van der Waals surface area contributed by atoms with E-state index in [2.05, 4.69) is 295 Å². The van der Waals surface area contributed by atoms with Crippen LogP contribution < -0.4 is 30.4 Å². The van der Waals surface area contributed by atoms with E-state index in [1.165, 1.54) is 101 Å². The standard InChI is InChI=1S/C74H84BN3S/c1-68(2,3)47-31-35-52(36-32-47)77-59-38-34-49(70(7,8)9)44-57(59)75-64-60(77)45-53(76(50-25-20-18-21-26-50)51-27-22-19-23-28-51)46-61(64)78(65-63-66(79-67(65)75)74(16,17)42-41-73(63,14)15)58-37-33-48(69(4,5)6)43-55(58)54-29-24-30-56-62(54)72(12,13)40-39-71(56,10)11/h18-38,43-46H,39-42H2,1-17H3. The van der Waals surface area contributed by atoms with Gasteiger partial charge in [-0.15, -0.1) is 0 Å². The highest BCUT2D eigenvalue weighted by Crippen LogP contribution is 2.59. The first-order valence-electron chi connectivity index (χ1n) is 29.5. The van der Waals surface area contributed by atoms with Crippen LogP contribution in [-0.2, 0) is 37.9 Å². The minimum atomic E-state index is -0.0831. The molecular formula is C74H84BN3S. The van der Waals surface area contributed by atoms with Gasteiger partial charge >= 0.3 is 0 Å². The maximum Gasteiger partial charge on any atom is 0.264 e. The molecule has 2 aliphatic carbocycles. The first-order valence-corrected chi connectivity index (χ1v) is 30.3. The zero-order valence-electron chi connectivity index (χ0n) is 50.6. The Morgan fingerprint density at radius 1 is 0.430 bits per heavy atom. The summed E-state index contributed by atoms with van der Waals surface area (Å²) in [5, 5.41) is 0. The molecule has 0 saturated heterocycles. The number of thiophene rings is 1. The third-order valence-corrected chi connectivity index (χ3v) is 20.5. The molecule has 3 heterocycles. The molecule has 7 aromatic carbocycles. The van der Waals surface area contributed by atoms with E-state index in [0.29, 0.717) is 0 Å². The molecule has 0 unspecified atom stereocenters. The fraction of sp³-hybridized carbons (Fsp3) is 0.378. The molecule has 0 N–H and O–H groups in total. The smallest absolute Gasteiger partial charge is 0.264 e. The molecule has 0 bridgehead atoms. The van der Waals surface area contributed by atoms with Crippen molar-refractivity contribution in [1.29, 1.82) is 0 Å². The van der Waals surface area contributed by atoms with Gasteiger partial charge in [0.05, 0.1) is 17.1 Å². The molecule has 0 fully saturated rings. The second-order valence-corrected chi connectivity index (χ2v) is 30.6. The highest BCUT2D eigenvalue weighted by atomic mass is 32.1. The molecule has 8 aromatic rings. The third kappa shape index (κ3) is 8.74. The Balaban J connectivity index is 1.28. The highest BCUT2D eigenvalue weighted by Gasteiger charge is 2.52. The second kappa shape index (κ2) is 18.1. The number of anilines is 9. The van der Waals surface area contributed by atoms with Crippen LogP contribution in [0.5, 0.6) is 0 Å². The Morgan fingerprint density at radius 2 is 0.937 bits per heavy atom. The molecule has 1 aromatic heterocycles. The minimum Gasteiger partial charge on any atom is -0.311 e. The summed E-state index contributed by atoms with van der Waals surface area (Å²) in [6, 6.07) is 59.1. The Bertz CT molecular complexity index is 3650. The fourth-order valence-electron chi connectivity index (χ4n) is 14.0. The zero-order chi connectivity index (χ0) is 56.1. The van der Waals surface area contributed by atoms with Gasteiger partial charge in [-0.25, -0.2) is 0 Å². The number of nitrogens with zero attached hydrogens (tertiary/aromatic N) is 3. The average Bonchev–Trinajstić information content (AvgIpc) is 2.60. The Morgan fingerprint density at radius 3 is 1.52 bits per heavy atom. The normalized spacial score (nSPS) is 17.6. The number of rotatable bonds is 6. The van der Waals surface area contributed by atoms with E-state index in [-0.39, 0.29) is 44.6 Å². The third-order valence-electron chi connectivity index (χ3n) is 18.9. The summed E-state index contributed by atoms with van der Waals surface area (Å²) in [5.41, 5.74) is 24.7. The minimum absolute atomic E-state index is 0.00521. The molecule has 404 valence electrons. The van der Waals surface area contributed by atoms with Crippen molar-refractivity contribution in [3.63, 3.8) is 0 Å². The average molecular weight is 1060 g/mol. The van der Waals surface area contributed by atoms with Crippen LogP contribution in [0.25, 0.3) is 11.1 Å². The summed E-state index contributed by atoms with van der Waals surface area (Å²) in [6.45, 7) is 41.4. The molecule has 0 saturated carbocycles. The van der Waals surface area contributed by atoms with Gasteiger partial charge in [-0.1, -0.05) is 203 Å². The number of hydrogen-bond donors (Lipinski definition) is 0. The Labute approximate surface area is 479 Å². The van der Waals surface area contributed by atoms with Crippen LogP contribution >= 0.6 is 11.3 Å². The van der Waals surface area contributed by atoms with Crippen LogP contribution in [-0.4, -0.2) is 6.71 Å². The topological polar surface area (TPSA) is 9.72 Å². The quantitative estimate of drug-likeness (QED) is 0.154. The number of fused-ring (bicyclic) bond motifs is 7. The van der Waals surface area contributed by atoms with E-state index in [9.17, 15) is 0 Å². The van der Waals surface area contributed by atoms with Crippen molar-refractivity contribution in [2.45, 2.75) is 181 Å². The van der Waals surface area contributed by atoms with Crippen LogP contribution in [0.4, 0.5) is 51.2 Å². The number of benzene rings is 7. The van der Waals surface area contributed by atoms with E-state index in [1.807, 2.05) is 0 Å². The van der Waals surface area contributed by atoms with Crippen molar-refractivity contribution in [2.75, 3.05) is 14.7 Å². The van der Waals surface area contributed by atoms with Gasteiger partial charge < -0.3 is 14.7 Å². The first kappa shape index (κ1) is 53.4.